The minimum atomic E-state index is -1.49. The van der Waals surface area contributed by atoms with E-state index in [1.807, 2.05) is 26.8 Å². The molecule has 1 aromatic rings. The summed E-state index contributed by atoms with van der Waals surface area (Å²) in [5.74, 6) is -1.97. The van der Waals surface area contributed by atoms with Gasteiger partial charge in [0.15, 0.2) is 5.78 Å². The van der Waals surface area contributed by atoms with Crippen LogP contribution < -0.4 is 5.73 Å². The lowest BCUT2D eigenvalue weighted by atomic mass is 9.66. The van der Waals surface area contributed by atoms with E-state index in [-0.39, 0.29) is 17.8 Å². The number of aromatic nitrogens is 1. The fourth-order valence-corrected chi connectivity index (χ4v) is 3.35. The van der Waals surface area contributed by atoms with Crippen molar-refractivity contribution in [3.05, 3.63) is 23.5 Å². The number of nitrogens with zero attached hydrogens (tertiary/aromatic N) is 1. The van der Waals surface area contributed by atoms with E-state index in [2.05, 4.69) is 4.98 Å². The molecule has 1 aliphatic rings. The van der Waals surface area contributed by atoms with Crippen LogP contribution in [0.4, 0.5) is 5.69 Å². The van der Waals surface area contributed by atoms with Crippen molar-refractivity contribution < 1.29 is 19.4 Å². The summed E-state index contributed by atoms with van der Waals surface area (Å²) in [6.07, 6.45) is 3.09. The molecule has 1 heterocycles. The van der Waals surface area contributed by atoms with E-state index in [1.165, 1.54) is 7.11 Å². The molecule has 1 saturated carbocycles. The van der Waals surface area contributed by atoms with Gasteiger partial charge in [-0.15, -0.1) is 0 Å². The summed E-state index contributed by atoms with van der Waals surface area (Å²) in [7, 11) is 1.42. The Labute approximate surface area is 142 Å². The smallest absolute Gasteiger partial charge is 0.319 e. The van der Waals surface area contributed by atoms with Crippen LogP contribution in [0.5, 0.6) is 0 Å². The topological polar surface area (TPSA) is 103 Å². The van der Waals surface area contributed by atoms with E-state index in [9.17, 15) is 14.7 Å². The van der Waals surface area contributed by atoms with E-state index in [0.29, 0.717) is 30.5 Å². The fourth-order valence-electron chi connectivity index (χ4n) is 3.35. The summed E-state index contributed by atoms with van der Waals surface area (Å²) >= 11 is 0. The maximum atomic E-state index is 13.1. The van der Waals surface area contributed by atoms with Gasteiger partial charge in [-0.3, -0.25) is 14.6 Å². The van der Waals surface area contributed by atoms with Gasteiger partial charge in [0, 0.05) is 24.1 Å². The van der Waals surface area contributed by atoms with Crippen LogP contribution in [0.25, 0.3) is 0 Å². The highest BCUT2D eigenvalue weighted by Gasteiger charge is 2.51. The predicted octanol–water partition coefficient (Wildman–Crippen LogP) is 2.52. The molecule has 0 aliphatic heterocycles. The molecule has 1 aromatic heterocycles. The van der Waals surface area contributed by atoms with Crippen LogP contribution in [0, 0.1) is 5.41 Å². The van der Waals surface area contributed by atoms with E-state index < -0.39 is 17.3 Å². The second-order valence-electron chi connectivity index (χ2n) is 7.58. The Kier molecular flexibility index (Phi) is 4.99. The number of hydrogen-bond acceptors (Lipinski definition) is 5. The SMILES string of the molecule is COCC1(C(=O)O)CCCC(c2cc(C(C)(C)C)ncc2N)C1=O. The van der Waals surface area contributed by atoms with Crippen LogP contribution in [-0.4, -0.2) is 35.6 Å². The molecule has 132 valence electrons. The van der Waals surface area contributed by atoms with Crippen LogP contribution in [0.1, 0.15) is 57.2 Å². The summed E-state index contributed by atoms with van der Waals surface area (Å²) in [5, 5.41) is 9.66. The normalized spacial score (nSPS) is 24.8. The lowest BCUT2D eigenvalue weighted by molar-refractivity contribution is -0.162. The van der Waals surface area contributed by atoms with E-state index in [0.717, 1.165) is 5.69 Å². The average molecular weight is 334 g/mol. The van der Waals surface area contributed by atoms with E-state index in [4.69, 9.17) is 10.5 Å². The van der Waals surface area contributed by atoms with E-state index >= 15 is 0 Å². The number of ketones is 1. The Morgan fingerprint density at radius 2 is 2.17 bits per heavy atom. The molecule has 24 heavy (non-hydrogen) atoms. The molecule has 2 atom stereocenters. The number of hydrogen-bond donors (Lipinski definition) is 2. The third-order valence-electron chi connectivity index (χ3n) is 4.80. The molecule has 0 bridgehead atoms. The first-order valence-corrected chi connectivity index (χ1v) is 8.16. The highest BCUT2D eigenvalue weighted by Crippen LogP contribution is 2.43. The largest absolute Gasteiger partial charge is 0.480 e. The molecule has 3 N–H and O–H groups in total. The van der Waals surface area contributed by atoms with Gasteiger partial charge in [0.1, 0.15) is 5.41 Å². The molecule has 6 heteroatoms. The maximum absolute atomic E-state index is 13.1. The van der Waals surface area contributed by atoms with Gasteiger partial charge in [-0.05, 0) is 24.5 Å². The Balaban J connectivity index is 2.49. The number of nitrogens with two attached hydrogens (primary N) is 1. The Hall–Kier alpha value is -1.95. The van der Waals surface area contributed by atoms with Gasteiger partial charge < -0.3 is 15.6 Å². The zero-order valence-corrected chi connectivity index (χ0v) is 14.8. The number of carbonyl (C=O) groups is 2. The zero-order valence-electron chi connectivity index (χ0n) is 14.8. The molecule has 6 nitrogen and oxygen atoms in total. The molecule has 2 rings (SSSR count). The number of carboxylic acid groups (broad SMARTS) is 1. The Morgan fingerprint density at radius 1 is 1.50 bits per heavy atom. The number of aliphatic carboxylic acids is 1. The van der Waals surface area contributed by atoms with Crippen molar-refractivity contribution in [2.75, 3.05) is 19.5 Å². The average Bonchev–Trinajstić information content (AvgIpc) is 2.49. The number of ether oxygens (including phenoxy) is 1. The highest BCUT2D eigenvalue weighted by atomic mass is 16.5. The Morgan fingerprint density at radius 3 is 2.71 bits per heavy atom. The summed E-state index contributed by atoms with van der Waals surface area (Å²) in [5.41, 5.74) is 6.34. The number of pyridine rings is 1. The molecular formula is C18H26N2O4. The van der Waals surface area contributed by atoms with Crippen LogP contribution >= 0.6 is 0 Å². The highest BCUT2D eigenvalue weighted by molar-refractivity contribution is 6.07. The first-order chi connectivity index (χ1) is 11.1. The second kappa shape index (κ2) is 6.51. The number of carboxylic acids is 1. The van der Waals surface area contributed by atoms with Crippen LogP contribution in [0.3, 0.4) is 0 Å². The molecule has 0 amide bonds. The maximum Gasteiger partial charge on any atom is 0.319 e. The summed E-state index contributed by atoms with van der Waals surface area (Å²) in [4.78, 5) is 29.2. The standard InChI is InChI=1S/C18H26N2O4/c1-17(2,3)14-8-12(13(19)9-20-14)11-6-5-7-18(10-24-4,15(11)21)16(22)23/h8-9,11H,5-7,10,19H2,1-4H3,(H,22,23). The minimum absolute atomic E-state index is 0.116. The van der Waals surface area contributed by atoms with Crippen LogP contribution in [0.2, 0.25) is 0 Å². The molecule has 0 spiro atoms. The van der Waals surface area contributed by atoms with Gasteiger partial charge in [0.05, 0.1) is 18.5 Å². The quantitative estimate of drug-likeness (QED) is 0.820. The zero-order chi connectivity index (χ0) is 18.1. The molecule has 1 aliphatic carbocycles. The molecule has 0 saturated heterocycles. The number of nitrogen functional groups attached to an aromatic ring is 1. The first-order valence-electron chi connectivity index (χ1n) is 8.16. The molecular weight excluding hydrogens is 308 g/mol. The van der Waals surface area contributed by atoms with Crippen molar-refractivity contribution in [2.45, 2.75) is 51.4 Å². The van der Waals surface area contributed by atoms with Crippen molar-refractivity contribution in [3.8, 4) is 0 Å². The number of Topliss-reactive ketones (excluding diaryl/α,β-unsaturated/α-hetero) is 1. The first kappa shape index (κ1) is 18.4. The summed E-state index contributed by atoms with van der Waals surface area (Å²) < 4.78 is 5.06. The van der Waals surface area contributed by atoms with Gasteiger partial charge in [-0.2, -0.15) is 0 Å². The molecule has 1 fully saturated rings. The number of rotatable bonds is 4. The number of anilines is 1. The molecule has 0 aromatic carbocycles. The van der Waals surface area contributed by atoms with Crippen molar-refractivity contribution in [1.29, 1.82) is 0 Å². The minimum Gasteiger partial charge on any atom is -0.480 e. The van der Waals surface area contributed by atoms with Crippen LogP contribution in [-0.2, 0) is 19.7 Å². The lowest BCUT2D eigenvalue weighted by Gasteiger charge is -2.36. The number of carbonyl (C=O) groups excluding carboxylic acids is 1. The van der Waals surface area contributed by atoms with E-state index in [1.54, 1.807) is 6.20 Å². The molecule has 2 unspecified atom stereocenters. The fraction of sp³-hybridized carbons (Fsp3) is 0.611. The van der Waals surface area contributed by atoms with Crippen molar-refractivity contribution in [3.63, 3.8) is 0 Å². The molecule has 0 radical (unpaired) electrons. The number of methoxy groups -OCH3 is 1. The van der Waals surface area contributed by atoms with Gasteiger partial charge in [0.2, 0.25) is 0 Å². The van der Waals surface area contributed by atoms with Gasteiger partial charge in [0.25, 0.3) is 0 Å². The van der Waals surface area contributed by atoms with Crippen molar-refractivity contribution in [2.24, 2.45) is 5.41 Å². The lowest BCUT2D eigenvalue weighted by Crippen LogP contribution is -2.48. The van der Waals surface area contributed by atoms with Crippen LogP contribution in [0.15, 0.2) is 12.3 Å². The monoisotopic (exact) mass is 334 g/mol. The van der Waals surface area contributed by atoms with Gasteiger partial charge >= 0.3 is 5.97 Å². The third kappa shape index (κ3) is 3.15. The third-order valence-corrected chi connectivity index (χ3v) is 4.80. The van der Waals surface area contributed by atoms with Crippen molar-refractivity contribution in [1.82, 2.24) is 4.98 Å². The van der Waals surface area contributed by atoms with Gasteiger partial charge in [-0.1, -0.05) is 27.2 Å². The van der Waals surface area contributed by atoms with Crippen molar-refractivity contribution >= 4 is 17.4 Å². The van der Waals surface area contributed by atoms with Gasteiger partial charge in [-0.25, -0.2) is 0 Å². The summed E-state index contributed by atoms with van der Waals surface area (Å²) in [6, 6.07) is 1.85. The second-order valence-corrected chi connectivity index (χ2v) is 7.58. The summed E-state index contributed by atoms with van der Waals surface area (Å²) in [6.45, 7) is 5.98. The Bertz CT molecular complexity index is 647. The predicted molar refractivity (Wildman–Crippen MR) is 90.9 cm³/mol.